The summed E-state index contributed by atoms with van der Waals surface area (Å²) in [6, 6.07) is 11.8. The first-order chi connectivity index (χ1) is 13.9. The van der Waals surface area contributed by atoms with Crippen molar-refractivity contribution in [2.45, 2.75) is 19.2 Å². The third kappa shape index (κ3) is 4.26. The molecule has 0 aliphatic carbocycles. The summed E-state index contributed by atoms with van der Waals surface area (Å²) in [6.45, 7) is 0.108. The Hall–Kier alpha value is -3.69. The second-order valence-corrected chi connectivity index (χ2v) is 6.26. The summed E-state index contributed by atoms with van der Waals surface area (Å²) in [7, 11) is 0. The second kappa shape index (κ2) is 7.38. The maximum absolute atomic E-state index is 12.6. The first-order valence-electron chi connectivity index (χ1n) is 8.48. The molecule has 148 valence electrons. The van der Waals surface area contributed by atoms with E-state index in [9.17, 15) is 18.0 Å². The maximum Gasteiger partial charge on any atom is 0.416 e. The van der Waals surface area contributed by atoms with Crippen LogP contribution in [0.1, 0.15) is 22.4 Å². The zero-order chi connectivity index (χ0) is 20.4. The molecule has 0 atom stereocenters. The summed E-state index contributed by atoms with van der Waals surface area (Å²) in [4.78, 5) is 18.8. The molecule has 0 bridgehead atoms. The summed E-state index contributed by atoms with van der Waals surface area (Å²) >= 11 is 0. The molecule has 0 amide bonds. The molecule has 2 aromatic heterocycles. The van der Waals surface area contributed by atoms with Gasteiger partial charge in [0.05, 0.1) is 5.56 Å². The summed E-state index contributed by atoms with van der Waals surface area (Å²) in [5.74, 6) is 0.517. The van der Waals surface area contributed by atoms with Crippen LogP contribution in [0.15, 0.2) is 58.0 Å². The highest BCUT2D eigenvalue weighted by atomic mass is 19.4. The normalized spacial score (nSPS) is 11.7. The number of nitrogens with zero attached hydrogens (tertiary/aromatic N) is 3. The van der Waals surface area contributed by atoms with E-state index >= 15 is 0 Å². The van der Waals surface area contributed by atoms with Crippen LogP contribution < -0.4 is 10.3 Å². The van der Waals surface area contributed by atoms with Gasteiger partial charge in [-0.15, -0.1) is 0 Å². The summed E-state index contributed by atoms with van der Waals surface area (Å²) in [5, 5.41) is 7.13. The van der Waals surface area contributed by atoms with Crippen molar-refractivity contribution in [2.75, 3.05) is 0 Å². The van der Waals surface area contributed by atoms with E-state index in [1.807, 2.05) is 0 Å². The van der Waals surface area contributed by atoms with Gasteiger partial charge in [-0.05, 0) is 45.7 Å². The number of aromatic nitrogens is 4. The molecule has 7 nitrogen and oxygen atoms in total. The average molecular weight is 402 g/mol. The predicted octanol–water partition coefficient (Wildman–Crippen LogP) is 3.49. The number of nitrogens with one attached hydrogen (secondary N) is 1. The van der Waals surface area contributed by atoms with Crippen molar-refractivity contribution in [3.63, 3.8) is 0 Å². The third-order valence-electron chi connectivity index (χ3n) is 4.16. The lowest BCUT2D eigenvalue weighted by molar-refractivity contribution is -0.137. The van der Waals surface area contributed by atoms with Crippen LogP contribution in [-0.2, 0) is 19.2 Å². The van der Waals surface area contributed by atoms with Crippen molar-refractivity contribution < 1.29 is 22.5 Å². The fourth-order valence-corrected chi connectivity index (χ4v) is 2.71. The minimum atomic E-state index is -4.37. The van der Waals surface area contributed by atoms with Crippen LogP contribution in [0.4, 0.5) is 13.2 Å². The average Bonchev–Trinajstić information content (AvgIpc) is 3.14. The van der Waals surface area contributed by atoms with Crippen LogP contribution in [0.2, 0.25) is 0 Å². The molecule has 29 heavy (non-hydrogen) atoms. The molecule has 0 saturated carbocycles. The Kier molecular flexibility index (Phi) is 4.75. The number of halogens is 3. The van der Waals surface area contributed by atoms with Gasteiger partial charge in [-0.3, -0.25) is 9.78 Å². The van der Waals surface area contributed by atoms with Gasteiger partial charge in [-0.1, -0.05) is 24.3 Å². The van der Waals surface area contributed by atoms with E-state index in [2.05, 4.69) is 24.9 Å². The predicted molar refractivity (Wildman–Crippen MR) is 95.2 cm³/mol. The van der Waals surface area contributed by atoms with Crippen molar-refractivity contribution in [1.82, 2.24) is 20.3 Å². The van der Waals surface area contributed by atoms with Gasteiger partial charge in [-0.25, -0.2) is 9.61 Å². The van der Waals surface area contributed by atoms with Crippen LogP contribution in [0.5, 0.6) is 5.75 Å². The maximum atomic E-state index is 12.6. The van der Waals surface area contributed by atoms with Crippen LogP contribution in [0.3, 0.4) is 0 Å². The number of rotatable bonds is 5. The molecule has 2 heterocycles. The van der Waals surface area contributed by atoms with Crippen LogP contribution in [0, 0.1) is 0 Å². The van der Waals surface area contributed by atoms with Crippen molar-refractivity contribution in [2.24, 2.45) is 0 Å². The molecule has 0 radical (unpaired) electrons. The number of alkyl halides is 3. The topological polar surface area (TPSA) is 93.9 Å². The largest absolute Gasteiger partial charge is 0.489 e. The van der Waals surface area contributed by atoms with Crippen molar-refractivity contribution in [3.05, 3.63) is 81.3 Å². The highest BCUT2D eigenvalue weighted by molar-refractivity contribution is 5.62. The Labute approximate surface area is 161 Å². The van der Waals surface area contributed by atoms with Gasteiger partial charge in [0.2, 0.25) is 11.3 Å². The number of ether oxygens (including phenoxy) is 1. The Morgan fingerprint density at radius 3 is 2.59 bits per heavy atom. The number of hydrogen-bond acceptors (Lipinski definition) is 6. The number of benzene rings is 2. The van der Waals surface area contributed by atoms with Crippen molar-refractivity contribution in [1.29, 1.82) is 0 Å². The number of fused-ring (bicyclic) bond motifs is 1. The molecule has 0 saturated heterocycles. The molecule has 0 aliphatic rings. The third-order valence-corrected chi connectivity index (χ3v) is 4.16. The van der Waals surface area contributed by atoms with E-state index in [1.165, 1.54) is 12.1 Å². The number of aromatic amines is 1. The standard InChI is InChI=1S/C19H13F3N4O3/c20-19(21,22)13-6-4-11(5-7-13)10-28-14-3-1-2-12(8-14)9-15-18(27)24-17-16(23-15)25-29-26-17/h1-8H,9-10H2,(H,24,26,27). The van der Waals surface area contributed by atoms with Crippen molar-refractivity contribution in [3.8, 4) is 5.75 Å². The molecular formula is C19H13F3N4O3. The Morgan fingerprint density at radius 1 is 1.03 bits per heavy atom. The zero-order valence-corrected chi connectivity index (χ0v) is 14.7. The summed E-state index contributed by atoms with van der Waals surface area (Å²) < 4.78 is 48.0. The lowest BCUT2D eigenvalue weighted by atomic mass is 10.1. The van der Waals surface area contributed by atoms with E-state index in [0.717, 1.165) is 17.7 Å². The van der Waals surface area contributed by atoms with E-state index in [4.69, 9.17) is 4.74 Å². The fraction of sp³-hybridized carbons (Fsp3) is 0.158. The van der Waals surface area contributed by atoms with E-state index < -0.39 is 17.3 Å². The molecule has 2 aromatic carbocycles. The van der Waals surface area contributed by atoms with Gasteiger partial charge in [0.15, 0.2) is 0 Å². The Morgan fingerprint density at radius 2 is 1.83 bits per heavy atom. The highest BCUT2D eigenvalue weighted by Gasteiger charge is 2.29. The molecule has 0 unspecified atom stereocenters. The molecule has 4 aromatic rings. The minimum Gasteiger partial charge on any atom is -0.489 e. The molecule has 0 fully saturated rings. The first-order valence-corrected chi connectivity index (χ1v) is 8.48. The lowest BCUT2D eigenvalue weighted by Gasteiger charge is -2.10. The summed E-state index contributed by atoms with van der Waals surface area (Å²) in [5.41, 5.74) is 0.883. The first kappa shape index (κ1) is 18.7. The van der Waals surface area contributed by atoms with E-state index in [0.29, 0.717) is 11.3 Å². The zero-order valence-electron chi connectivity index (χ0n) is 14.7. The van der Waals surface area contributed by atoms with Crippen molar-refractivity contribution >= 4 is 11.3 Å². The molecule has 0 aliphatic heterocycles. The molecule has 4 rings (SSSR count). The molecule has 0 spiro atoms. The second-order valence-electron chi connectivity index (χ2n) is 6.26. The molecule has 10 heteroatoms. The van der Waals surface area contributed by atoms with Gasteiger partial charge < -0.3 is 4.74 Å². The lowest BCUT2D eigenvalue weighted by Crippen LogP contribution is -2.15. The molecule has 1 N–H and O–H groups in total. The van der Waals surface area contributed by atoms with Gasteiger partial charge in [0, 0.05) is 6.42 Å². The van der Waals surface area contributed by atoms with E-state index in [1.54, 1.807) is 24.3 Å². The summed E-state index contributed by atoms with van der Waals surface area (Å²) in [6.07, 6.45) is -4.14. The molecular weight excluding hydrogens is 389 g/mol. The monoisotopic (exact) mass is 402 g/mol. The fourth-order valence-electron chi connectivity index (χ4n) is 2.71. The van der Waals surface area contributed by atoms with Gasteiger partial charge >= 0.3 is 6.18 Å². The van der Waals surface area contributed by atoms with Crippen LogP contribution in [-0.4, -0.2) is 20.3 Å². The number of H-pyrrole nitrogens is 1. The number of hydrogen-bond donors (Lipinski definition) is 1. The van der Waals surface area contributed by atoms with Gasteiger partial charge in [0.25, 0.3) is 5.56 Å². The van der Waals surface area contributed by atoms with Crippen LogP contribution in [0.25, 0.3) is 11.3 Å². The van der Waals surface area contributed by atoms with E-state index in [-0.39, 0.29) is 30.0 Å². The van der Waals surface area contributed by atoms with Gasteiger partial charge in [-0.2, -0.15) is 13.2 Å². The minimum absolute atomic E-state index is 0.108. The van der Waals surface area contributed by atoms with Crippen LogP contribution >= 0.6 is 0 Å². The van der Waals surface area contributed by atoms with Gasteiger partial charge in [0.1, 0.15) is 18.1 Å². The Balaban J connectivity index is 1.45. The Bertz CT molecular complexity index is 1200. The quantitative estimate of drug-likeness (QED) is 0.549. The SMILES string of the molecule is O=c1[nH]c2nonc2nc1Cc1cccc(OCc2ccc(C(F)(F)F)cc2)c1. The highest BCUT2D eigenvalue weighted by Crippen LogP contribution is 2.29. The smallest absolute Gasteiger partial charge is 0.416 e.